The molecular weight excluding hydrogens is 360 g/mol. The molecule has 0 fully saturated rings. The van der Waals surface area contributed by atoms with Crippen LogP contribution in [0.5, 0.6) is 0 Å². The Morgan fingerprint density at radius 2 is 1.67 bits per heavy atom. The van der Waals surface area contributed by atoms with Crippen LogP contribution in [-0.2, 0) is 13.0 Å². The van der Waals surface area contributed by atoms with Gasteiger partial charge in [-0.1, -0.05) is 64.5 Å². The van der Waals surface area contributed by atoms with E-state index in [4.69, 9.17) is 0 Å². The highest BCUT2D eigenvalue weighted by molar-refractivity contribution is 9.10. The smallest absolute Gasteiger partial charge is 0.0756 e. The van der Waals surface area contributed by atoms with E-state index in [0.717, 1.165) is 26.1 Å². The lowest BCUT2D eigenvalue weighted by Crippen LogP contribution is -2.39. The van der Waals surface area contributed by atoms with Crippen molar-refractivity contribution < 1.29 is 0 Å². The third kappa shape index (κ3) is 3.06. The molecule has 1 aliphatic rings. The summed E-state index contributed by atoms with van der Waals surface area (Å²) < 4.78 is 3.61. The van der Waals surface area contributed by atoms with Crippen molar-refractivity contribution in [1.82, 2.24) is 9.47 Å². The summed E-state index contributed by atoms with van der Waals surface area (Å²) in [5.74, 6) is 0. The molecule has 122 valence electrons. The van der Waals surface area contributed by atoms with Gasteiger partial charge in [-0.25, -0.2) is 0 Å². The number of halogens is 1. The first-order chi connectivity index (χ1) is 11.8. The molecule has 0 bridgehead atoms. The monoisotopic (exact) mass is 380 g/mol. The van der Waals surface area contributed by atoms with Gasteiger partial charge in [0.05, 0.1) is 6.04 Å². The summed E-state index contributed by atoms with van der Waals surface area (Å²) in [7, 11) is 0. The van der Waals surface area contributed by atoms with Crippen molar-refractivity contribution in [2.45, 2.75) is 19.0 Å². The molecule has 24 heavy (non-hydrogen) atoms. The van der Waals surface area contributed by atoms with Crippen molar-refractivity contribution in [1.29, 1.82) is 0 Å². The molecule has 3 heteroatoms. The third-order valence-corrected chi connectivity index (χ3v) is 5.65. The number of fused-ring (bicyclic) bond motifs is 1. The van der Waals surface area contributed by atoms with Gasteiger partial charge in [0.15, 0.2) is 0 Å². The lowest BCUT2D eigenvalue weighted by molar-refractivity contribution is 0.185. The van der Waals surface area contributed by atoms with Crippen LogP contribution < -0.4 is 0 Å². The Morgan fingerprint density at radius 1 is 0.875 bits per heavy atom. The molecule has 0 aliphatic carbocycles. The van der Waals surface area contributed by atoms with Crippen LogP contribution in [0.25, 0.3) is 0 Å². The largest absolute Gasteiger partial charge is 0.348 e. The minimum Gasteiger partial charge on any atom is -0.348 e. The van der Waals surface area contributed by atoms with Gasteiger partial charge in [0.1, 0.15) is 0 Å². The molecule has 2 nitrogen and oxygen atoms in total. The zero-order chi connectivity index (χ0) is 16.4. The highest BCUT2D eigenvalue weighted by Crippen LogP contribution is 2.32. The molecule has 1 aromatic heterocycles. The van der Waals surface area contributed by atoms with Crippen molar-refractivity contribution >= 4 is 15.9 Å². The molecule has 0 amide bonds. The molecule has 0 radical (unpaired) electrons. The number of rotatable bonds is 4. The number of aromatic nitrogens is 1. The van der Waals surface area contributed by atoms with E-state index < -0.39 is 0 Å². The van der Waals surface area contributed by atoms with E-state index in [2.05, 4.69) is 98.3 Å². The van der Waals surface area contributed by atoms with E-state index >= 15 is 0 Å². The first-order valence-electron chi connectivity index (χ1n) is 8.50. The fraction of sp³-hybridized carbons (Fsp3) is 0.238. The number of hydrogen-bond acceptors (Lipinski definition) is 1. The number of benzene rings is 2. The molecule has 3 aromatic rings. The standard InChI is InChI=1S/C21H21BrN2/c22-19-10-5-4-7-17(19)12-14-24-16-15-23-13-6-11-20(23)21(24)18-8-2-1-3-9-18/h1-11,13,21H,12,14-16H2. The lowest BCUT2D eigenvalue weighted by atomic mass is 9.99. The van der Waals surface area contributed by atoms with Gasteiger partial charge in [-0.3, -0.25) is 4.90 Å². The summed E-state index contributed by atoms with van der Waals surface area (Å²) in [4.78, 5) is 2.62. The molecule has 1 unspecified atom stereocenters. The summed E-state index contributed by atoms with van der Waals surface area (Å²) in [5, 5.41) is 0. The molecule has 0 spiro atoms. The van der Waals surface area contributed by atoms with Crippen LogP contribution in [0.1, 0.15) is 22.9 Å². The highest BCUT2D eigenvalue weighted by Gasteiger charge is 2.28. The molecule has 2 aromatic carbocycles. The minimum absolute atomic E-state index is 0.345. The van der Waals surface area contributed by atoms with Gasteiger partial charge in [-0.15, -0.1) is 0 Å². The quantitative estimate of drug-likeness (QED) is 0.624. The Balaban J connectivity index is 1.61. The minimum atomic E-state index is 0.345. The third-order valence-electron chi connectivity index (χ3n) is 4.88. The van der Waals surface area contributed by atoms with E-state index in [1.54, 1.807) is 0 Å². The van der Waals surface area contributed by atoms with Gasteiger partial charge in [-0.05, 0) is 35.7 Å². The first-order valence-corrected chi connectivity index (χ1v) is 9.29. The molecule has 1 atom stereocenters. The van der Waals surface area contributed by atoms with Crippen LogP contribution in [0.4, 0.5) is 0 Å². The van der Waals surface area contributed by atoms with Crippen LogP contribution in [0, 0.1) is 0 Å². The fourth-order valence-electron chi connectivity index (χ4n) is 3.65. The van der Waals surface area contributed by atoms with Gasteiger partial charge >= 0.3 is 0 Å². The average molecular weight is 381 g/mol. The van der Waals surface area contributed by atoms with Crippen LogP contribution in [0.15, 0.2) is 77.4 Å². The highest BCUT2D eigenvalue weighted by atomic mass is 79.9. The molecular formula is C21H21BrN2. The second-order valence-electron chi connectivity index (χ2n) is 6.32. The van der Waals surface area contributed by atoms with E-state index in [1.807, 2.05) is 0 Å². The topological polar surface area (TPSA) is 8.17 Å². The van der Waals surface area contributed by atoms with Crippen molar-refractivity contribution in [3.05, 3.63) is 94.2 Å². The van der Waals surface area contributed by atoms with Gasteiger partial charge in [0, 0.05) is 36.0 Å². The van der Waals surface area contributed by atoms with Gasteiger partial charge in [-0.2, -0.15) is 0 Å². The molecule has 2 heterocycles. The van der Waals surface area contributed by atoms with E-state index in [9.17, 15) is 0 Å². The van der Waals surface area contributed by atoms with E-state index in [0.29, 0.717) is 6.04 Å². The molecule has 0 saturated heterocycles. The van der Waals surface area contributed by atoms with Crippen LogP contribution >= 0.6 is 15.9 Å². The van der Waals surface area contributed by atoms with Crippen molar-refractivity contribution in [3.63, 3.8) is 0 Å². The predicted molar refractivity (Wildman–Crippen MR) is 102 cm³/mol. The van der Waals surface area contributed by atoms with E-state index in [1.165, 1.54) is 21.3 Å². The SMILES string of the molecule is Brc1ccccc1CCN1CCn2cccc2C1c1ccccc1. The maximum Gasteiger partial charge on any atom is 0.0756 e. The normalized spacial score (nSPS) is 17.6. The second kappa shape index (κ2) is 6.96. The Hall–Kier alpha value is -1.84. The Bertz CT molecular complexity index is 809. The predicted octanol–water partition coefficient (Wildman–Crippen LogP) is 4.90. The Morgan fingerprint density at radius 3 is 2.50 bits per heavy atom. The maximum atomic E-state index is 3.68. The summed E-state index contributed by atoms with van der Waals surface area (Å²) in [6, 6.07) is 24.2. The maximum absolute atomic E-state index is 3.68. The van der Waals surface area contributed by atoms with Crippen LogP contribution in [0.2, 0.25) is 0 Å². The zero-order valence-electron chi connectivity index (χ0n) is 13.6. The van der Waals surface area contributed by atoms with Crippen LogP contribution in [0.3, 0.4) is 0 Å². The van der Waals surface area contributed by atoms with Gasteiger partial charge < -0.3 is 4.57 Å². The lowest BCUT2D eigenvalue weighted by Gasteiger charge is -2.37. The molecule has 0 N–H and O–H groups in total. The Labute approximate surface area is 151 Å². The second-order valence-corrected chi connectivity index (χ2v) is 7.17. The summed E-state index contributed by atoms with van der Waals surface area (Å²) in [6.45, 7) is 3.22. The van der Waals surface area contributed by atoms with Gasteiger partial charge in [0.25, 0.3) is 0 Å². The molecule has 1 aliphatic heterocycles. The summed E-state index contributed by atoms with van der Waals surface area (Å²) in [5.41, 5.74) is 4.16. The number of nitrogens with zero attached hydrogens (tertiary/aromatic N) is 2. The zero-order valence-corrected chi connectivity index (χ0v) is 15.2. The summed E-state index contributed by atoms with van der Waals surface area (Å²) >= 11 is 3.68. The first kappa shape index (κ1) is 15.7. The van der Waals surface area contributed by atoms with Crippen molar-refractivity contribution in [3.8, 4) is 0 Å². The Kier molecular flexibility index (Phi) is 4.54. The fourth-order valence-corrected chi connectivity index (χ4v) is 4.14. The summed E-state index contributed by atoms with van der Waals surface area (Å²) in [6.07, 6.45) is 3.27. The van der Waals surface area contributed by atoms with Crippen molar-refractivity contribution in [2.75, 3.05) is 13.1 Å². The molecule has 0 saturated carbocycles. The number of hydrogen-bond donors (Lipinski definition) is 0. The average Bonchev–Trinajstić information content (AvgIpc) is 3.10. The van der Waals surface area contributed by atoms with Crippen LogP contribution in [-0.4, -0.2) is 22.6 Å². The van der Waals surface area contributed by atoms with Crippen molar-refractivity contribution in [2.24, 2.45) is 0 Å². The molecule has 4 rings (SSSR count). The van der Waals surface area contributed by atoms with Gasteiger partial charge in [0.2, 0.25) is 0 Å². The van der Waals surface area contributed by atoms with E-state index in [-0.39, 0.29) is 0 Å².